The summed E-state index contributed by atoms with van der Waals surface area (Å²) in [6.07, 6.45) is 4.29. The summed E-state index contributed by atoms with van der Waals surface area (Å²) in [6.45, 7) is 0.623. The SMILES string of the molecule is O=C1NCCC(c2ccc(O)cc2)c2cc(-c3ccncc3)[nH]c21. The molecule has 0 saturated carbocycles. The van der Waals surface area contributed by atoms with Crippen molar-refractivity contribution in [2.24, 2.45) is 0 Å². The number of hydrogen-bond donors (Lipinski definition) is 3. The Morgan fingerprint density at radius 3 is 2.58 bits per heavy atom. The summed E-state index contributed by atoms with van der Waals surface area (Å²) < 4.78 is 0. The molecule has 1 amide bonds. The van der Waals surface area contributed by atoms with Gasteiger partial charge in [0.05, 0.1) is 0 Å². The van der Waals surface area contributed by atoms with Crippen LogP contribution in [0.1, 0.15) is 34.0 Å². The molecule has 1 aliphatic rings. The van der Waals surface area contributed by atoms with Crippen molar-refractivity contribution in [3.63, 3.8) is 0 Å². The number of carbonyl (C=O) groups is 1. The number of rotatable bonds is 2. The van der Waals surface area contributed by atoms with Gasteiger partial charge in [-0.15, -0.1) is 0 Å². The molecule has 24 heavy (non-hydrogen) atoms. The molecule has 1 aliphatic heterocycles. The summed E-state index contributed by atoms with van der Waals surface area (Å²) >= 11 is 0. The molecule has 4 rings (SSSR count). The third-order valence-electron chi connectivity index (χ3n) is 4.46. The normalized spacial score (nSPS) is 17.0. The molecule has 0 spiro atoms. The predicted octanol–water partition coefficient (Wildman–Crippen LogP) is 3.05. The fraction of sp³-hybridized carbons (Fsp3) is 0.158. The molecule has 1 atom stereocenters. The lowest BCUT2D eigenvalue weighted by molar-refractivity contribution is 0.0952. The van der Waals surface area contributed by atoms with E-state index in [9.17, 15) is 9.90 Å². The highest BCUT2D eigenvalue weighted by molar-refractivity contribution is 5.96. The molecule has 0 saturated heterocycles. The van der Waals surface area contributed by atoms with Gasteiger partial charge in [0.2, 0.25) is 0 Å². The second-order valence-electron chi connectivity index (χ2n) is 5.94. The number of aromatic amines is 1. The number of carbonyl (C=O) groups excluding carboxylic acids is 1. The first-order chi connectivity index (χ1) is 11.7. The Hall–Kier alpha value is -3.08. The van der Waals surface area contributed by atoms with Crippen LogP contribution in [0.4, 0.5) is 0 Å². The van der Waals surface area contributed by atoms with Crippen LogP contribution < -0.4 is 5.32 Å². The highest BCUT2D eigenvalue weighted by atomic mass is 16.3. The van der Waals surface area contributed by atoms with Crippen molar-refractivity contribution in [2.45, 2.75) is 12.3 Å². The number of phenols is 1. The summed E-state index contributed by atoms with van der Waals surface area (Å²) in [5, 5.41) is 12.5. The first-order valence-electron chi connectivity index (χ1n) is 7.93. The van der Waals surface area contributed by atoms with Gasteiger partial charge in [-0.05, 0) is 47.9 Å². The average Bonchev–Trinajstić information content (AvgIpc) is 2.99. The molecule has 2 aromatic heterocycles. The lowest BCUT2D eigenvalue weighted by Crippen LogP contribution is -2.23. The number of hydrogen-bond acceptors (Lipinski definition) is 3. The topological polar surface area (TPSA) is 78.0 Å². The van der Waals surface area contributed by atoms with Crippen molar-refractivity contribution >= 4 is 5.91 Å². The Balaban J connectivity index is 1.82. The number of amides is 1. The Labute approximate surface area is 139 Å². The molecular formula is C19H17N3O2. The number of fused-ring (bicyclic) bond motifs is 1. The van der Waals surface area contributed by atoms with E-state index < -0.39 is 0 Å². The minimum atomic E-state index is -0.0772. The van der Waals surface area contributed by atoms with Gasteiger partial charge in [-0.2, -0.15) is 0 Å². The van der Waals surface area contributed by atoms with E-state index in [1.165, 1.54) is 0 Å². The fourth-order valence-corrected chi connectivity index (χ4v) is 3.25. The third kappa shape index (κ3) is 2.54. The second kappa shape index (κ2) is 5.85. The Morgan fingerprint density at radius 2 is 1.83 bits per heavy atom. The van der Waals surface area contributed by atoms with E-state index in [4.69, 9.17) is 0 Å². The molecule has 3 aromatic rings. The van der Waals surface area contributed by atoms with Crippen molar-refractivity contribution in [1.82, 2.24) is 15.3 Å². The average molecular weight is 319 g/mol. The van der Waals surface area contributed by atoms with E-state index in [1.54, 1.807) is 24.5 Å². The summed E-state index contributed by atoms with van der Waals surface area (Å²) in [4.78, 5) is 19.7. The highest BCUT2D eigenvalue weighted by Gasteiger charge is 2.27. The predicted molar refractivity (Wildman–Crippen MR) is 90.9 cm³/mol. The molecule has 1 unspecified atom stereocenters. The lowest BCUT2D eigenvalue weighted by Gasteiger charge is -2.14. The number of aromatic hydroxyl groups is 1. The molecule has 0 aliphatic carbocycles. The zero-order valence-electron chi connectivity index (χ0n) is 13.0. The van der Waals surface area contributed by atoms with Crippen molar-refractivity contribution in [3.05, 3.63) is 71.7 Å². The first kappa shape index (κ1) is 14.5. The number of pyridine rings is 1. The molecule has 0 radical (unpaired) electrons. The van der Waals surface area contributed by atoms with E-state index in [0.717, 1.165) is 28.8 Å². The van der Waals surface area contributed by atoms with Gasteiger partial charge in [0.25, 0.3) is 5.91 Å². The number of phenolic OH excluding ortho intramolecular Hbond substituents is 1. The number of H-pyrrole nitrogens is 1. The van der Waals surface area contributed by atoms with Gasteiger partial charge in [-0.1, -0.05) is 12.1 Å². The Kier molecular flexibility index (Phi) is 3.54. The van der Waals surface area contributed by atoms with Crippen LogP contribution in [0.2, 0.25) is 0 Å². The molecule has 0 bridgehead atoms. The zero-order valence-corrected chi connectivity index (χ0v) is 13.0. The fourth-order valence-electron chi connectivity index (χ4n) is 3.25. The van der Waals surface area contributed by atoms with E-state index >= 15 is 0 Å². The molecule has 1 aromatic carbocycles. The number of benzene rings is 1. The quantitative estimate of drug-likeness (QED) is 0.679. The Morgan fingerprint density at radius 1 is 1.08 bits per heavy atom. The van der Waals surface area contributed by atoms with Gasteiger partial charge in [-0.3, -0.25) is 9.78 Å². The van der Waals surface area contributed by atoms with Crippen LogP contribution >= 0.6 is 0 Å². The van der Waals surface area contributed by atoms with E-state index in [1.807, 2.05) is 30.3 Å². The maximum absolute atomic E-state index is 12.4. The number of nitrogens with one attached hydrogen (secondary N) is 2. The molecule has 3 N–H and O–H groups in total. The molecule has 5 heteroatoms. The Bertz CT molecular complexity index is 869. The van der Waals surface area contributed by atoms with Crippen molar-refractivity contribution < 1.29 is 9.90 Å². The van der Waals surface area contributed by atoms with Crippen LogP contribution in [0.5, 0.6) is 5.75 Å². The van der Waals surface area contributed by atoms with Crippen LogP contribution in [0.3, 0.4) is 0 Å². The van der Waals surface area contributed by atoms with E-state index in [2.05, 4.69) is 15.3 Å². The zero-order chi connectivity index (χ0) is 16.5. The van der Waals surface area contributed by atoms with Crippen molar-refractivity contribution in [1.29, 1.82) is 0 Å². The van der Waals surface area contributed by atoms with Crippen molar-refractivity contribution in [3.8, 4) is 17.0 Å². The molecule has 5 nitrogen and oxygen atoms in total. The minimum absolute atomic E-state index is 0.0772. The number of nitrogens with zero attached hydrogens (tertiary/aromatic N) is 1. The smallest absolute Gasteiger partial charge is 0.268 e. The highest BCUT2D eigenvalue weighted by Crippen LogP contribution is 2.35. The van der Waals surface area contributed by atoms with Crippen LogP contribution in [0.25, 0.3) is 11.3 Å². The lowest BCUT2D eigenvalue weighted by atomic mass is 9.89. The number of aromatic nitrogens is 2. The van der Waals surface area contributed by atoms with Crippen LogP contribution in [0.15, 0.2) is 54.9 Å². The van der Waals surface area contributed by atoms with Gasteiger partial charge in [-0.25, -0.2) is 0 Å². The van der Waals surface area contributed by atoms with Gasteiger partial charge < -0.3 is 15.4 Å². The molecule has 0 fully saturated rings. The van der Waals surface area contributed by atoms with Gasteiger partial charge >= 0.3 is 0 Å². The van der Waals surface area contributed by atoms with E-state index in [-0.39, 0.29) is 17.6 Å². The van der Waals surface area contributed by atoms with Gasteiger partial charge in [0.15, 0.2) is 0 Å². The van der Waals surface area contributed by atoms with E-state index in [0.29, 0.717) is 12.2 Å². The largest absolute Gasteiger partial charge is 0.508 e. The summed E-state index contributed by atoms with van der Waals surface area (Å²) in [5.74, 6) is 0.270. The van der Waals surface area contributed by atoms with Crippen LogP contribution in [-0.4, -0.2) is 27.5 Å². The molecule has 120 valence electrons. The van der Waals surface area contributed by atoms with Crippen LogP contribution in [0, 0.1) is 0 Å². The third-order valence-corrected chi connectivity index (χ3v) is 4.46. The minimum Gasteiger partial charge on any atom is -0.508 e. The van der Waals surface area contributed by atoms with Crippen LogP contribution in [-0.2, 0) is 0 Å². The summed E-state index contributed by atoms with van der Waals surface area (Å²) in [5.41, 5.74) is 4.59. The summed E-state index contributed by atoms with van der Waals surface area (Å²) in [6, 6.07) is 13.1. The standard InChI is InChI=1S/C19H17N3O2/c23-14-3-1-12(2-4-14)15-7-10-21-19(24)18-16(15)11-17(22-18)13-5-8-20-9-6-13/h1-6,8-9,11,15,22-23H,7,10H2,(H,21,24). The van der Waals surface area contributed by atoms with Gasteiger partial charge in [0, 0.05) is 36.1 Å². The molecule has 3 heterocycles. The maximum Gasteiger partial charge on any atom is 0.268 e. The maximum atomic E-state index is 12.4. The van der Waals surface area contributed by atoms with Gasteiger partial charge in [0.1, 0.15) is 11.4 Å². The molecular weight excluding hydrogens is 302 g/mol. The van der Waals surface area contributed by atoms with Crippen molar-refractivity contribution in [2.75, 3.05) is 6.54 Å². The summed E-state index contributed by atoms with van der Waals surface area (Å²) in [7, 11) is 0. The second-order valence-corrected chi connectivity index (χ2v) is 5.94. The monoisotopic (exact) mass is 319 g/mol. The first-order valence-corrected chi connectivity index (χ1v) is 7.93.